The van der Waals surface area contributed by atoms with E-state index in [2.05, 4.69) is 54.9 Å². The van der Waals surface area contributed by atoms with Crippen LogP contribution in [0.1, 0.15) is 6.92 Å². The normalized spacial score (nSPS) is 10.6. The second kappa shape index (κ2) is 9.03. The lowest BCUT2D eigenvalue weighted by molar-refractivity contribution is 0.308. The summed E-state index contributed by atoms with van der Waals surface area (Å²) in [4.78, 5) is 3.68. The van der Waals surface area contributed by atoms with Gasteiger partial charge in [0.25, 0.3) is 0 Å². The van der Waals surface area contributed by atoms with Gasteiger partial charge in [-0.05, 0) is 49.2 Å². The summed E-state index contributed by atoms with van der Waals surface area (Å²) in [6.07, 6.45) is 2.09. The van der Waals surface area contributed by atoms with Gasteiger partial charge in [0.05, 0.1) is 4.90 Å². The third-order valence-electron chi connectivity index (χ3n) is 2.92. The summed E-state index contributed by atoms with van der Waals surface area (Å²) in [5.41, 5.74) is 0. The first-order valence-electron chi connectivity index (χ1n) is 7.08. The maximum Gasteiger partial charge on any atom is 0.133 e. The van der Waals surface area contributed by atoms with Gasteiger partial charge in [-0.1, -0.05) is 30.8 Å². The highest BCUT2D eigenvalue weighted by molar-refractivity contribution is 7.99. The van der Waals surface area contributed by atoms with Crippen molar-refractivity contribution in [2.75, 3.05) is 26.0 Å². The van der Waals surface area contributed by atoms with Crippen molar-refractivity contribution in [1.29, 1.82) is 0 Å². The number of hydrogen-bond acceptors (Lipinski definition) is 4. The Labute approximate surface area is 135 Å². The molecule has 0 fully saturated rings. The summed E-state index contributed by atoms with van der Waals surface area (Å²) in [5.74, 6) is 0.953. The highest BCUT2D eigenvalue weighted by atomic mass is 32.2. The molecule has 2 aromatic rings. The van der Waals surface area contributed by atoms with Crippen LogP contribution >= 0.6 is 23.5 Å². The van der Waals surface area contributed by atoms with E-state index in [4.69, 9.17) is 4.74 Å². The Hall–Kier alpha value is -1.10. The van der Waals surface area contributed by atoms with Crippen molar-refractivity contribution < 1.29 is 4.74 Å². The molecule has 0 aliphatic carbocycles. The fraction of sp³-hybridized carbons (Fsp3) is 0.294. The lowest BCUT2D eigenvalue weighted by Crippen LogP contribution is -2.20. The largest absolute Gasteiger partial charge is 0.491 e. The van der Waals surface area contributed by atoms with Gasteiger partial charge in [0.15, 0.2) is 0 Å². The summed E-state index contributed by atoms with van der Waals surface area (Å²) < 4.78 is 5.87. The third-order valence-corrected chi connectivity index (χ3v) is 4.73. The molecule has 0 unspecified atom stereocenters. The average molecular weight is 319 g/mol. The Morgan fingerprint density at radius 2 is 1.71 bits per heavy atom. The summed E-state index contributed by atoms with van der Waals surface area (Å²) in [7, 11) is 0. The first kappa shape index (κ1) is 16.3. The fourth-order valence-electron chi connectivity index (χ4n) is 1.83. The molecule has 2 nitrogen and oxygen atoms in total. The average Bonchev–Trinajstić information content (AvgIpc) is 2.54. The summed E-state index contributed by atoms with van der Waals surface area (Å²) in [6, 6.07) is 16.8. The number of benzene rings is 2. The van der Waals surface area contributed by atoms with E-state index in [0.717, 1.165) is 23.7 Å². The van der Waals surface area contributed by atoms with Crippen LogP contribution < -0.4 is 10.1 Å². The Balaban J connectivity index is 2.01. The first-order chi connectivity index (χ1) is 10.3. The minimum absolute atomic E-state index is 0.691. The zero-order valence-corrected chi connectivity index (χ0v) is 14.1. The number of para-hydroxylation sites is 1. The Morgan fingerprint density at radius 1 is 1.00 bits per heavy atom. The van der Waals surface area contributed by atoms with E-state index in [1.807, 2.05) is 12.1 Å². The maximum atomic E-state index is 5.87. The summed E-state index contributed by atoms with van der Waals surface area (Å²) >= 11 is 3.50. The van der Waals surface area contributed by atoms with Gasteiger partial charge in [-0.25, -0.2) is 0 Å². The van der Waals surface area contributed by atoms with E-state index in [-0.39, 0.29) is 0 Å². The van der Waals surface area contributed by atoms with Crippen molar-refractivity contribution >= 4 is 23.5 Å². The van der Waals surface area contributed by atoms with E-state index in [1.54, 1.807) is 23.5 Å². The van der Waals surface area contributed by atoms with E-state index in [0.29, 0.717) is 6.61 Å². The highest BCUT2D eigenvalue weighted by Crippen LogP contribution is 2.35. The Bertz CT molecular complexity index is 543. The molecular formula is C17H21NOS2. The summed E-state index contributed by atoms with van der Waals surface area (Å²) in [6.45, 7) is 4.64. The van der Waals surface area contributed by atoms with Crippen LogP contribution in [0.3, 0.4) is 0 Å². The molecule has 1 N–H and O–H groups in total. The number of nitrogens with one attached hydrogen (secondary N) is 1. The zero-order chi connectivity index (χ0) is 14.9. The van der Waals surface area contributed by atoms with Crippen LogP contribution in [0.5, 0.6) is 5.75 Å². The topological polar surface area (TPSA) is 21.3 Å². The quantitative estimate of drug-likeness (QED) is 0.569. The molecule has 0 spiro atoms. The van der Waals surface area contributed by atoms with Gasteiger partial charge in [-0.3, -0.25) is 0 Å². The minimum atomic E-state index is 0.691. The van der Waals surface area contributed by atoms with Crippen LogP contribution in [0.2, 0.25) is 0 Å². The molecule has 0 saturated carbocycles. The number of likely N-dealkylation sites (N-methyl/N-ethyl adjacent to an activating group) is 1. The second-order valence-electron chi connectivity index (χ2n) is 4.43. The highest BCUT2D eigenvalue weighted by Gasteiger charge is 2.05. The summed E-state index contributed by atoms with van der Waals surface area (Å²) in [5, 5.41) is 3.27. The predicted molar refractivity (Wildman–Crippen MR) is 92.8 cm³/mol. The van der Waals surface area contributed by atoms with Gasteiger partial charge in [-0.15, -0.1) is 11.8 Å². The molecular weight excluding hydrogens is 298 g/mol. The van der Waals surface area contributed by atoms with E-state index < -0.39 is 0 Å². The van der Waals surface area contributed by atoms with Gasteiger partial charge in [0.1, 0.15) is 12.4 Å². The molecule has 0 radical (unpaired) electrons. The van der Waals surface area contributed by atoms with E-state index in [9.17, 15) is 0 Å². The SMILES string of the molecule is CCNCCOc1ccccc1Sc1ccc(SC)cc1. The Morgan fingerprint density at radius 3 is 2.43 bits per heavy atom. The molecule has 2 rings (SSSR count). The van der Waals surface area contributed by atoms with Crippen LogP contribution in [0, 0.1) is 0 Å². The smallest absolute Gasteiger partial charge is 0.133 e. The van der Waals surface area contributed by atoms with Crippen LogP contribution in [-0.4, -0.2) is 26.0 Å². The first-order valence-corrected chi connectivity index (χ1v) is 9.12. The van der Waals surface area contributed by atoms with Gasteiger partial charge in [0.2, 0.25) is 0 Å². The van der Waals surface area contributed by atoms with Crippen molar-refractivity contribution in [2.45, 2.75) is 21.6 Å². The van der Waals surface area contributed by atoms with Gasteiger partial charge >= 0.3 is 0 Å². The standard InChI is InChI=1S/C17H21NOS2/c1-3-18-12-13-19-16-6-4-5-7-17(16)21-15-10-8-14(20-2)9-11-15/h4-11,18H,3,12-13H2,1-2H3. The van der Waals surface area contributed by atoms with Gasteiger partial charge < -0.3 is 10.1 Å². The lowest BCUT2D eigenvalue weighted by atomic mass is 10.3. The van der Waals surface area contributed by atoms with Gasteiger partial charge in [-0.2, -0.15) is 0 Å². The fourth-order valence-corrected chi connectivity index (χ4v) is 3.14. The zero-order valence-electron chi connectivity index (χ0n) is 12.5. The lowest BCUT2D eigenvalue weighted by Gasteiger charge is -2.11. The maximum absolute atomic E-state index is 5.87. The predicted octanol–water partition coefficient (Wildman–Crippen LogP) is 4.55. The molecule has 2 aromatic carbocycles. The van der Waals surface area contributed by atoms with Crippen molar-refractivity contribution in [3.05, 3.63) is 48.5 Å². The van der Waals surface area contributed by atoms with Crippen LogP contribution in [0.25, 0.3) is 0 Å². The van der Waals surface area contributed by atoms with Crippen molar-refractivity contribution in [3.8, 4) is 5.75 Å². The minimum Gasteiger partial charge on any atom is -0.491 e. The van der Waals surface area contributed by atoms with Crippen LogP contribution in [0.15, 0.2) is 63.2 Å². The Kier molecular flexibility index (Phi) is 7.00. The van der Waals surface area contributed by atoms with E-state index in [1.165, 1.54) is 9.79 Å². The molecule has 0 saturated heterocycles. The van der Waals surface area contributed by atoms with Crippen LogP contribution in [-0.2, 0) is 0 Å². The van der Waals surface area contributed by atoms with Crippen molar-refractivity contribution in [3.63, 3.8) is 0 Å². The van der Waals surface area contributed by atoms with Crippen molar-refractivity contribution in [1.82, 2.24) is 5.32 Å². The third kappa shape index (κ3) is 5.30. The molecule has 0 heterocycles. The second-order valence-corrected chi connectivity index (χ2v) is 6.42. The van der Waals surface area contributed by atoms with Crippen molar-refractivity contribution in [2.24, 2.45) is 0 Å². The monoisotopic (exact) mass is 319 g/mol. The number of hydrogen-bond donors (Lipinski definition) is 1. The number of ether oxygens (including phenoxy) is 1. The number of rotatable bonds is 8. The molecule has 0 aliphatic heterocycles. The molecule has 0 bridgehead atoms. The molecule has 112 valence electrons. The molecule has 0 atom stereocenters. The van der Waals surface area contributed by atoms with E-state index >= 15 is 0 Å². The molecule has 21 heavy (non-hydrogen) atoms. The van der Waals surface area contributed by atoms with Crippen LogP contribution in [0.4, 0.5) is 0 Å². The number of thioether (sulfide) groups is 1. The molecule has 0 amide bonds. The molecule has 0 aromatic heterocycles. The van der Waals surface area contributed by atoms with Gasteiger partial charge in [0, 0.05) is 16.3 Å². The molecule has 4 heteroatoms. The molecule has 0 aliphatic rings.